The Morgan fingerprint density at radius 2 is 0.944 bits per heavy atom. The van der Waals surface area contributed by atoms with Crippen molar-refractivity contribution in [2.24, 2.45) is 0 Å². The van der Waals surface area contributed by atoms with Crippen LogP contribution in [0.2, 0.25) is 0 Å². The Balaban J connectivity index is -0.0000000603. The van der Waals surface area contributed by atoms with Gasteiger partial charge in [0.25, 0.3) is 0 Å². The van der Waals surface area contributed by atoms with Crippen LogP contribution < -0.4 is 103 Å². The fourth-order valence-corrected chi connectivity index (χ4v) is 0.612. The quantitative estimate of drug-likeness (QED) is 0.152. The maximum absolute atomic E-state index is 9.37. The fourth-order valence-electron chi connectivity index (χ4n) is 0.0680. The van der Waals surface area contributed by atoms with Gasteiger partial charge in [0.15, 0.2) is 0 Å². The van der Waals surface area contributed by atoms with Crippen molar-refractivity contribution in [1.29, 1.82) is 0 Å². The SMILES string of the molecule is C=CCl.C=CCl.O=S(=O)([O-])OOS(=O)(=O)[O-].[K+].[K+]. The first-order chi connectivity index (χ1) is 7.04. The molecule has 0 unspecified atom stereocenters. The van der Waals surface area contributed by atoms with Crippen LogP contribution in [-0.2, 0) is 29.5 Å². The molecule has 0 aliphatic rings. The normalized spacial score (nSPS) is 8.89. The predicted octanol–water partition coefficient (Wildman–Crippen LogP) is -5.40. The van der Waals surface area contributed by atoms with E-state index in [1.807, 2.05) is 0 Å². The van der Waals surface area contributed by atoms with Crippen LogP contribution >= 0.6 is 23.2 Å². The second kappa shape index (κ2) is 20.1. The summed E-state index contributed by atoms with van der Waals surface area (Å²) in [6.07, 6.45) is 0. The molecular weight excluding hydrogens is 389 g/mol. The topological polar surface area (TPSA) is 133 Å². The number of halogens is 2. The Labute approximate surface area is 201 Å². The molecule has 0 N–H and O–H groups in total. The van der Waals surface area contributed by atoms with Gasteiger partial charge in [0.2, 0.25) is 20.8 Å². The molecule has 18 heavy (non-hydrogen) atoms. The van der Waals surface area contributed by atoms with Crippen LogP contribution in [0.15, 0.2) is 24.2 Å². The summed E-state index contributed by atoms with van der Waals surface area (Å²) in [5.41, 5.74) is 2.44. The minimum absolute atomic E-state index is 0. The molecule has 0 aromatic heterocycles. The third-order valence-electron chi connectivity index (χ3n) is 0.194. The summed E-state index contributed by atoms with van der Waals surface area (Å²) >= 11 is 9.52. The molecule has 0 aliphatic heterocycles. The molecule has 0 bridgehead atoms. The molecule has 0 amide bonds. The summed E-state index contributed by atoms with van der Waals surface area (Å²) < 4.78 is 61.5. The van der Waals surface area contributed by atoms with Crippen molar-refractivity contribution in [1.82, 2.24) is 0 Å². The van der Waals surface area contributed by atoms with Crippen LogP contribution in [-0.4, -0.2) is 25.9 Å². The monoisotopic (exact) mass is 394 g/mol. The molecule has 0 rings (SSSR count). The van der Waals surface area contributed by atoms with Crippen LogP contribution in [0.5, 0.6) is 0 Å². The summed E-state index contributed by atoms with van der Waals surface area (Å²) in [5, 5.41) is 0. The van der Waals surface area contributed by atoms with Crippen LogP contribution in [0, 0.1) is 0 Å². The molecule has 0 atom stereocenters. The maximum atomic E-state index is 9.37. The minimum atomic E-state index is -5.31. The molecule has 98 valence electrons. The molecule has 0 spiro atoms. The molecule has 0 aromatic carbocycles. The molecule has 14 heteroatoms. The molecule has 0 saturated heterocycles. The maximum Gasteiger partial charge on any atom is 1.00 e. The van der Waals surface area contributed by atoms with Gasteiger partial charge in [-0.25, -0.2) is 16.8 Å². The Hall–Kier alpha value is 3.07. The third-order valence-corrected chi connectivity index (χ3v) is 0.750. The first kappa shape index (κ1) is 32.9. The van der Waals surface area contributed by atoms with E-state index in [0.717, 1.165) is 0 Å². The van der Waals surface area contributed by atoms with Crippen molar-refractivity contribution >= 4 is 44.0 Å². The zero-order chi connectivity index (χ0) is 13.8. The van der Waals surface area contributed by atoms with Gasteiger partial charge in [-0.2, -0.15) is 0 Å². The Bertz CT molecular complexity index is 342. The van der Waals surface area contributed by atoms with Gasteiger partial charge >= 0.3 is 103 Å². The molecule has 0 aromatic rings. The van der Waals surface area contributed by atoms with E-state index in [1.54, 1.807) is 0 Å². The van der Waals surface area contributed by atoms with Crippen LogP contribution in [0.4, 0.5) is 0 Å². The van der Waals surface area contributed by atoms with Gasteiger partial charge in [-0.05, 0) is 11.1 Å². The molecule has 0 radical (unpaired) electrons. The van der Waals surface area contributed by atoms with E-state index in [1.165, 1.54) is 11.1 Å². The van der Waals surface area contributed by atoms with Gasteiger partial charge in [0, 0.05) is 0 Å². The zero-order valence-electron chi connectivity index (χ0n) is 9.41. The standard InChI is InChI=1S/2C2H3Cl.2K.H2O8S2/c2*1-2-3;;;1-9(2,3)7-8-10(4,5)6/h2*2H,1H2;;;(H,1,2,3)(H,4,5,6)/q;;2*+1;/p-2. The van der Waals surface area contributed by atoms with Crippen molar-refractivity contribution < 1.29 is 137 Å². The Kier molecular flexibility index (Phi) is 36.7. The van der Waals surface area contributed by atoms with E-state index in [-0.39, 0.29) is 103 Å². The second-order valence-electron chi connectivity index (χ2n) is 1.26. The summed E-state index contributed by atoms with van der Waals surface area (Å²) in [5.74, 6) is 0. The van der Waals surface area contributed by atoms with Crippen molar-refractivity contribution in [2.75, 3.05) is 0 Å². The summed E-state index contributed by atoms with van der Waals surface area (Å²) in [7, 11) is -10.6. The van der Waals surface area contributed by atoms with E-state index in [0.29, 0.717) is 0 Å². The van der Waals surface area contributed by atoms with Gasteiger partial charge in [-0.1, -0.05) is 36.4 Å². The average molecular weight is 395 g/mol. The van der Waals surface area contributed by atoms with Crippen molar-refractivity contribution in [3.8, 4) is 0 Å². The summed E-state index contributed by atoms with van der Waals surface area (Å²) in [6, 6.07) is 0. The molecule has 0 heterocycles. The van der Waals surface area contributed by atoms with Crippen LogP contribution in [0.3, 0.4) is 0 Å². The molecule has 0 saturated carbocycles. The van der Waals surface area contributed by atoms with Gasteiger partial charge in [-0.3, -0.25) is 0 Å². The minimum Gasteiger partial charge on any atom is -0.724 e. The van der Waals surface area contributed by atoms with E-state index in [4.69, 9.17) is 23.2 Å². The Morgan fingerprint density at radius 3 is 1.00 bits per heavy atom. The second-order valence-corrected chi connectivity index (χ2v) is 3.78. The van der Waals surface area contributed by atoms with Gasteiger partial charge < -0.3 is 9.11 Å². The molecular formula is C4H6Cl2K2O8S2. The number of rotatable bonds is 3. The van der Waals surface area contributed by atoms with E-state index < -0.39 is 20.8 Å². The fraction of sp³-hybridized carbons (Fsp3) is 0. The van der Waals surface area contributed by atoms with E-state index in [2.05, 4.69) is 21.8 Å². The summed E-state index contributed by atoms with van der Waals surface area (Å²) in [4.78, 5) is 0. The smallest absolute Gasteiger partial charge is 0.724 e. The van der Waals surface area contributed by atoms with Crippen molar-refractivity contribution in [3.63, 3.8) is 0 Å². The van der Waals surface area contributed by atoms with Gasteiger partial charge in [0.1, 0.15) is 0 Å². The molecule has 0 fully saturated rings. The number of hydrogen-bond donors (Lipinski definition) is 0. The number of hydrogen-bond acceptors (Lipinski definition) is 8. The van der Waals surface area contributed by atoms with Gasteiger partial charge in [0.05, 0.1) is 0 Å². The van der Waals surface area contributed by atoms with Crippen molar-refractivity contribution in [3.05, 3.63) is 24.2 Å². The van der Waals surface area contributed by atoms with Gasteiger partial charge in [-0.15, -0.1) is 8.67 Å². The van der Waals surface area contributed by atoms with Crippen LogP contribution in [0.1, 0.15) is 0 Å². The first-order valence-corrected chi connectivity index (χ1v) is 6.29. The Morgan fingerprint density at radius 1 is 0.833 bits per heavy atom. The molecule has 0 aliphatic carbocycles. The third kappa shape index (κ3) is 61.4. The predicted molar refractivity (Wildman–Crippen MR) is 53.7 cm³/mol. The van der Waals surface area contributed by atoms with Crippen molar-refractivity contribution in [2.45, 2.75) is 0 Å². The summed E-state index contributed by atoms with van der Waals surface area (Å²) in [6.45, 7) is 6.25. The largest absolute Gasteiger partial charge is 1.00 e. The van der Waals surface area contributed by atoms with Crippen LogP contribution in [0.25, 0.3) is 0 Å². The van der Waals surface area contributed by atoms with E-state index >= 15 is 0 Å². The molecule has 8 nitrogen and oxygen atoms in total. The average Bonchev–Trinajstić information content (AvgIpc) is 2.01. The van der Waals surface area contributed by atoms with E-state index in [9.17, 15) is 25.9 Å². The first-order valence-electron chi connectivity index (χ1n) is 2.75. The zero-order valence-corrected chi connectivity index (χ0v) is 18.8.